The highest BCUT2D eigenvalue weighted by Gasteiger charge is 2.19. The second-order valence-corrected chi connectivity index (χ2v) is 4.75. The monoisotopic (exact) mass is 276 g/mol. The molecule has 2 rings (SSSR count). The normalized spacial score (nSPS) is 14.9. The minimum atomic E-state index is -0.00369. The predicted molar refractivity (Wildman–Crippen MR) is 77.9 cm³/mol. The molecule has 1 amide bonds. The summed E-state index contributed by atoms with van der Waals surface area (Å²) < 4.78 is 10.3. The number of carbonyl (C=O) groups is 1. The van der Waals surface area contributed by atoms with Crippen LogP contribution in [0, 0.1) is 0 Å². The van der Waals surface area contributed by atoms with Crippen molar-refractivity contribution in [1.82, 2.24) is 4.90 Å². The Labute approximate surface area is 119 Å². The molecule has 1 heterocycles. The molecule has 1 aromatic rings. The van der Waals surface area contributed by atoms with Crippen LogP contribution < -0.4 is 10.5 Å². The van der Waals surface area contributed by atoms with E-state index in [0.717, 1.165) is 6.42 Å². The molecule has 0 saturated carbocycles. The Bertz CT molecular complexity index is 526. The molecule has 0 aliphatic carbocycles. The van der Waals surface area contributed by atoms with Crippen molar-refractivity contribution < 1.29 is 14.3 Å². The van der Waals surface area contributed by atoms with E-state index in [1.54, 1.807) is 32.4 Å². The minimum absolute atomic E-state index is 0.00369. The van der Waals surface area contributed by atoms with Crippen LogP contribution in [0.25, 0.3) is 0 Å². The van der Waals surface area contributed by atoms with Gasteiger partial charge in [0.1, 0.15) is 5.75 Å². The number of anilines is 1. The lowest BCUT2D eigenvalue weighted by molar-refractivity contribution is 0.0764. The lowest BCUT2D eigenvalue weighted by Gasteiger charge is -2.26. The lowest BCUT2D eigenvalue weighted by atomic mass is 10.1. The van der Waals surface area contributed by atoms with Crippen LogP contribution in [0.4, 0.5) is 5.69 Å². The van der Waals surface area contributed by atoms with E-state index in [2.05, 4.69) is 6.08 Å². The summed E-state index contributed by atoms with van der Waals surface area (Å²) >= 11 is 0. The first-order chi connectivity index (χ1) is 9.65. The molecule has 108 valence electrons. The first-order valence-electron chi connectivity index (χ1n) is 6.55. The number of methoxy groups -OCH3 is 2. The maximum Gasteiger partial charge on any atom is 0.254 e. The molecule has 0 spiro atoms. The van der Waals surface area contributed by atoms with Crippen molar-refractivity contribution in [3.8, 4) is 5.75 Å². The van der Waals surface area contributed by atoms with Gasteiger partial charge in [-0.25, -0.2) is 0 Å². The topological polar surface area (TPSA) is 64.8 Å². The van der Waals surface area contributed by atoms with Crippen molar-refractivity contribution in [3.63, 3.8) is 0 Å². The van der Waals surface area contributed by atoms with Crippen LogP contribution in [0.1, 0.15) is 16.8 Å². The summed E-state index contributed by atoms with van der Waals surface area (Å²) in [4.78, 5) is 14.2. The second kappa shape index (κ2) is 6.43. The van der Waals surface area contributed by atoms with Gasteiger partial charge in [-0.05, 0) is 30.2 Å². The van der Waals surface area contributed by atoms with Crippen LogP contribution in [-0.4, -0.2) is 44.7 Å². The van der Waals surface area contributed by atoms with Crippen molar-refractivity contribution in [2.75, 3.05) is 39.6 Å². The molecule has 0 saturated heterocycles. The van der Waals surface area contributed by atoms with Crippen molar-refractivity contribution in [2.24, 2.45) is 0 Å². The molecule has 0 radical (unpaired) electrons. The van der Waals surface area contributed by atoms with Gasteiger partial charge >= 0.3 is 0 Å². The first kappa shape index (κ1) is 14.4. The van der Waals surface area contributed by atoms with E-state index in [-0.39, 0.29) is 5.91 Å². The Morgan fingerprint density at radius 3 is 2.80 bits per heavy atom. The van der Waals surface area contributed by atoms with Crippen LogP contribution in [0.15, 0.2) is 29.8 Å². The Morgan fingerprint density at radius 2 is 2.20 bits per heavy atom. The lowest BCUT2D eigenvalue weighted by Crippen LogP contribution is -2.35. The Hall–Kier alpha value is -2.01. The number of rotatable bonds is 4. The van der Waals surface area contributed by atoms with Gasteiger partial charge in [0.15, 0.2) is 0 Å². The molecule has 0 bridgehead atoms. The zero-order chi connectivity index (χ0) is 14.5. The third-order valence-corrected chi connectivity index (χ3v) is 3.40. The summed E-state index contributed by atoms with van der Waals surface area (Å²) in [5, 5.41) is 0. The molecule has 1 aliphatic rings. The fraction of sp³-hybridized carbons (Fsp3) is 0.400. The molecule has 20 heavy (non-hydrogen) atoms. The maximum absolute atomic E-state index is 12.4. The minimum Gasteiger partial charge on any atom is -0.495 e. The highest BCUT2D eigenvalue weighted by molar-refractivity contribution is 5.95. The SMILES string of the molecule is COCC1=CCN(C(=O)c2ccc(N)c(OC)c2)CC1. The average molecular weight is 276 g/mol. The van der Waals surface area contributed by atoms with Crippen LogP contribution >= 0.6 is 0 Å². The van der Waals surface area contributed by atoms with Crippen LogP contribution in [0.5, 0.6) is 5.75 Å². The maximum atomic E-state index is 12.4. The van der Waals surface area contributed by atoms with E-state index < -0.39 is 0 Å². The van der Waals surface area contributed by atoms with E-state index in [1.807, 2.05) is 4.90 Å². The van der Waals surface area contributed by atoms with Gasteiger partial charge in [-0.1, -0.05) is 6.08 Å². The standard InChI is InChI=1S/C15H20N2O3/c1-19-10-11-5-7-17(8-6-11)15(18)12-3-4-13(16)14(9-12)20-2/h3-5,9H,6-8,10,16H2,1-2H3. The first-order valence-corrected chi connectivity index (χ1v) is 6.55. The highest BCUT2D eigenvalue weighted by Crippen LogP contribution is 2.23. The number of amides is 1. The number of ether oxygens (including phenoxy) is 2. The number of nitrogen functional groups attached to an aromatic ring is 1. The quantitative estimate of drug-likeness (QED) is 0.671. The fourth-order valence-corrected chi connectivity index (χ4v) is 2.24. The number of hydrogen-bond acceptors (Lipinski definition) is 4. The van der Waals surface area contributed by atoms with Gasteiger partial charge in [-0.3, -0.25) is 4.79 Å². The molecule has 0 fully saturated rings. The van der Waals surface area contributed by atoms with E-state index in [1.165, 1.54) is 5.57 Å². The van der Waals surface area contributed by atoms with Crippen molar-refractivity contribution >= 4 is 11.6 Å². The molecule has 0 aromatic heterocycles. The van der Waals surface area contributed by atoms with Crippen molar-refractivity contribution in [1.29, 1.82) is 0 Å². The zero-order valence-electron chi connectivity index (χ0n) is 11.9. The largest absolute Gasteiger partial charge is 0.495 e. The molecular formula is C15H20N2O3. The van der Waals surface area contributed by atoms with E-state index >= 15 is 0 Å². The second-order valence-electron chi connectivity index (χ2n) is 4.75. The van der Waals surface area contributed by atoms with E-state index in [9.17, 15) is 4.79 Å². The summed E-state index contributed by atoms with van der Waals surface area (Å²) in [6.07, 6.45) is 2.91. The molecule has 1 aromatic carbocycles. The van der Waals surface area contributed by atoms with Gasteiger partial charge in [0.05, 0.1) is 19.4 Å². The number of hydrogen-bond donors (Lipinski definition) is 1. The van der Waals surface area contributed by atoms with Crippen LogP contribution in [0.3, 0.4) is 0 Å². The Kier molecular flexibility index (Phi) is 4.63. The molecular weight excluding hydrogens is 256 g/mol. The van der Waals surface area contributed by atoms with Gasteiger partial charge in [0.2, 0.25) is 0 Å². The summed E-state index contributed by atoms with van der Waals surface area (Å²) in [5.74, 6) is 0.527. The van der Waals surface area contributed by atoms with E-state index in [0.29, 0.717) is 36.7 Å². The number of nitrogens with zero attached hydrogens (tertiary/aromatic N) is 1. The Morgan fingerprint density at radius 1 is 1.40 bits per heavy atom. The smallest absolute Gasteiger partial charge is 0.254 e. The third kappa shape index (κ3) is 3.11. The average Bonchev–Trinajstić information content (AvgIpc) is 2.48. The van der Waals surface area contributed by atoms with E-state index in [4.69, 9.17) is 15.2 Å². The van der Waals surface area contributed by atoms with Crippen molar-refractivity contribution in [2.45, 2.75) is 6.42 Å². The van der Waals surface area contributed by atoms with Gasteiger partial charge in [0.25, 0.3) is 5.91 Å². The predicted octanol–water partition coefficient (Wildman–Crippen LogP) is 1.70. The molecule has 1 aliphatic heterocycles. The Balaban J connectivity index is 2.09. The van der Waals surface area contributed by atoms with Crippen LogP contribution in [0.2, 0.25) is 0 Å². The number of nitrogens with two attached hydrogens (primary N) is 1. The van der Waals surface area contributed by atoms with Gasteiger partial charge in [-0.2, -0.15) is 0 Å². The molecule has 0 unspecified atom stereocenters. The molecule has 5 nitrogen and oxygen atoms in total. The third-order valence-electron chi connectivity index (χ3n) is 3.40. The zero-order valence-corrected chi connectivity index (χ0v) is 11.9. The fourth-order valence-electron chi connectivity index (χ4n) is 2.24. The number of benzene rings is 1. The summed E-state index contributed by atoms with van der Waals surface area (Å²) in [7, 11) is 3.22. The summed E-state index contributed by atoms with van der Waals surface area (Å²) in [6.45, 7) is 1.96. The van der Waals surface area contributed by atoms with Crippen molar-refractivity contribution in [3.05, 3.63) is 35.4 Å². The number of carbonyl (C=O) groups excluding carboxylic acids is 1. The molecule has 2 N–H and O–H groups in total. The summed E-state index contributed by atoms with van der Waals surface area (Å²) in [6, 6.07) is 5.11. The van der Waals surface area contributed by atoms with Gasteiger partial charge < -0.3 is 20.1 Å². The molecule has 0 atom stereocenters. The summed E-state index contributed by atoms with van der Waals surface area (Å²) in [5.41, 5.74) is 8.13. The van der Waals surface area contributed by atoms with Gasteiger partial charge in [0, 0.05) is 25.8 Å². The molecule has 5 heteroatoms. The van der Waals surface area contributed by atoms with Crippen LogP contribution in [-0.2, 0) is 4.74 Å². The highest BCUT2D eigenvalue weighted by atomic mass is 16.5. The van der Waals surface area contributed by atoms with Gasteiger partial charge in [-0.15, -0.1) is 0 Å².